The van der Waals surface area contributed by atoms with Crippen LogP contribution >= 0.6 is 11.6 Å². The largest absolute Gasteiger partial charge is 0.486 e. The Bertz CT molecular complexity index is 692. The van der Waals surface area contributed by atoms with E-state index in [1.807, 2.05) is 9.80 Å². The molecule has 3 heterocycles. The molecule has 0 unspecified atom stereocenters. The fourth-order valence-electron chi connectivity index (χ4n) is 4.14. The standard InChI is InChI=1S/C19H23ClN2O3/c20-14-4-5-17-15(12-14)16(23)13-19(25-17)6-10-22(11-7-19)18(24)21-8-2-1-3-9-21/h4-5,12H,1-3,6-11,13H2. The molecule has 2 saturated heterocycles. The van der Waals surface area contributed by atoms with E-state index in [-0.39, 0.29) is 11.8 Å². The van der Waals surface area contributed by atoms with Crippen molar-refractivity contribution in [3.63, 3.8) is 0 Å². The lowest BCUT2D eigenvalue weighted by Crippen LogP contribution is -2.55. The highest BCUT2D eigenvalue weighted by Crippen LogP contribution is 2.40. The summed E-state index contributed by atoms with van der Waals surface area (Å²) in [5.74, 6) is 0.705. The fraction of sp³-hybridized carbons (Fsp3) is 0.579. The number of fused-ring (bicyclic) bond motifs is 1. The molecule has 4 rings (SSSR count). The van der Waals surface area contributed by atoms with E-state index in [0.717, 1.165) is 25.9 Å². The summed E-state index contributed by atoms with van der Waals surface area (Å²) >= 11 is 5.99. The third-order valence-electron chi connectivity index (χ3n) is 5.62. The van der Waals surface area contributed by atoms with Crippen molar-refractivity contribution < 1.29 is 14.3 Å². The van der Waals surface area contributed by atoms with Gasteiger partial charge in [-0.2, -0.15) is 0 Å². The van der Waals surface area contributed by atoms with E-state index in [9.17, 15) is 9.59 Å². The molecule has 25 heavy (non-hydrogen) atoms. The zero-order valence-corrected chi connectivity index (χ0v) is 15.1. The number of likely N-dealkylation sites (tertiary alicyclic amines) is 2. The lowest BCUT2D eigenvalue weighted by molar-refractivity contribution is -0.00417. The molecule has 0 aliphatic carbocycles. The number of carbonyl (C=O) groups is 2. The number of nitrogens with zero attached hydrogens (tertiary/aromatic N) is 2. The van der Waals surface area contributed by atoms with Crippen LogP contribution in [0.4, 0.5) is 4.79 Å². The van der Waals surface area contributed by atoms with Crippen molar-refractivity contribution in [3.05, 3.63) is 28.8 Å². The maximum atomic E-state index is 12.7. The lowest BCUT2D eigenvalue weighted by atomic mass is 9.82. The second-order valence-corrected chi connectivity index (χ2v) is 7.78. The van der Waals surface area contributed by atoms with Gasteiger partial charge >= 0.3 is 6.03 Å². The van der Waals surface area contributed by atoms with Crippen molar-refractivity contribution in [2.24, 2.45) is 0 Å². The van der Waals surface area contributed by atoms with Gasteiger partial charge in [0.15, 0.2) is 5.78 Å². The second kappa shape index (κ2) is 6.52. The molecule has 2 fully saturated rings. The Morgan fingerprint density at radius 1 is 1.04 bits per heavy atom. The number of hydrogen-bond donors (Lipinski definition) is 0. The molecule has 1 spiro atoms. The molecule has 3 aliphatic rings. The van der Waals surface area contributed by atoms with Gasteiger partial charge in [0.05, 0.1) is 12.0 Å². The van der Waals surface area contributed by atoms with Gasteiger partial charge in [-0.1, -0.05) is 11.6 Å². The minimum atomic E-state index is -0.476. The predicted octanol–water partition coefficient (Wildman–Crippen LogP) is 3.75. The number of Topliss-reactive ketones (excluding diaryl/α,β-unsaturated/α-hetero) is 1. The van der Waals surface area contributed by atoms with Crippen LogP contribution in [-0.4, -0.2) is 53.4 Å². The summed E-state index contributed by atoms with van der Waals surface area (Å²) in [6.07, 6.45) is 5.17. The van der Waals surface area contributed by atoms with Gasteiger partial charge in [-0.3, -0.25) is 4.79 Å². The Balaban J connectivity index is 1.44. The van der Waals surface area contributed by atoms with Gasteiger partial charge in [-0.05, 0) is 37.5 Å². The summed E-state index contributed by atoms with van der Waals surface area (Å²) in [7, 11) is 0. The molecule has 0 N–H and O–H groups in total. The Hall–Kier alpha value is -1.75. The first kappa shape index (κ1) is 16.7. The third-order valence-corrected chi connectivity index (χ3v) is 5.86. The Morgan fingerprint density at radius 3 is 2.44 bits per heavy atom. The SMILES string of the molecule is O=C1CC2(CCN(C(=O)N3CCCCC3)CC2)Oc2ccc(Cl)cc21. The molecule has 0 saturated carbocycles. The van der Waals surface area contributed by atoms with Crippen LogP contribution in [0.2, 0.25) is 5.02 Å². The normalized spacial score (nSPS) is 22.5. The second-order valence-electron chi connectivity index (χ2n) is 7.34. The average molecular weight is 363 g/mol. The number of urea groups is 1. The molecule has 1 aromatic rings. The smallest absolute Gasteiger partial charge is 0.320 e. The highest BCUT2D eigenvalue weighted by atomic mass is 35.5. The number of ether oxygens (including phenoxy) is 1. The highest BCUT2D eigenvalue weighted by molar-refractivity contribution is 6.31. The van der Waals surface area contributed by atoms with Crippen LogP contribution in [0.1, 0.15) is 48.9 Å². The van der Waals surface area contributed by atoms with E-state index >= 15 is 0 Å². The Labute approximate surface area is 152 Å². The van der Waals surface area contributed by atoms with Gasteiger partial charge in [0.1, 0.15) is 11.4 Å². The summed E-state index contributed by atoms with van der Waals surface area (Å²) in [5.41, 5.74) is 0.0984. The van der Waals surface area contributed by atoms with E-state index in [2.05, 4.69) is 0 Å². The number of benzene rings is 1. The number of rotatable bonds is 0. The van der Waals surface area contributed by atoms with Crippen LogP contribution in [0.5, 0.6) is 5.75 Å². The molecule has 0 bridgehead atoms. The molecule has 0 atom stereocenters. The van der Waals surface area contributed by atoms with E-state index in [4.69, 9.17) is 16.3 Å². The summed E-state index contributed by atoms with van der Waals surface area (Å²) in [6, 6.07) is 5.36. The molecular formula is C19H23ClN2O3. The quantitative estimate of drug-likeness (QED) is 0.706. The summed E-state index contributed by atoms with van der Waals surface area (Å²) in [6.45, 7) is 3.02. The van der Waals surface area contributed by atoms with Crippen LogP contribution in [0.25, 0.3) is 0 Å². The molecule has 0 radical (unpaired) electrons. The van der Waals surface area contributed by atoms with E-state index in [0.29, 0.717) is 48.7 Å². The number of piperidine rings is 2. The minimum absolute atomic E-state index is 0.0829. The van der Waals surface area contributed by atoms with Gasteiger partial charge in [-0.15, -0.1) is 0 Å². The molecule has 5 nitrogen and oxygen atoms in total. The topological polar surface area (TPSA) is 49.9 Å². The zero-order chi connectivity index (χ0) is 17.4. The van der Waals surface area contributed by atoms with Gasteiger partial charge < -0.3 is 14.5 Å². The predicted molar refractivity (Wildman–Crippen MR) is 95.4 cm³/mol. The van der Waals surface area contributed by atoms with Crippen molar-refractivity contribution in [1.82, 2.24) is 9.80 Å². The Morgan fingerprint density at radius 2 is 1.72 bits per heavy atom. The minimum Gasteiger partial charge on any atom is -0.486 e. The summed E-state index contributed by atoms with van der Waals surface area (Å²) < 4.78 is 6.23. The summed E-state index contributed by atoms with van der Waals surface area (Å²) in [5, 5.41) is 0.550. The molecule has 134 valence electrons. The van der Waals surface area contributed by atoms with Gasteiger partial charge in [0.2, 0.25) is 0 Å². The Kier molecular flexibility index (Phi) is 4.36. The molecular weight excluding hydrogens is 340 g/mol. The molecule has 2 amide bonds. The number of hydrogen-bond acceptors (Lipinski definition) is 3. The fourth-order valence-corrected chi connectivity index (χ4v) is 4.31. The van der Waals surface area contributed by atoms with Crippen molar-refractivity contribution in [3.8, 4) is 5.75 Å². The number of carbonyl (C=O) groups excluding carboxylic acids is 2. The first-order valence-corrected chi connectivity index (χ1v) is 9.50. The van der Waals surface area contributed by atoms with Crippen molar-refractivity contribution >= 4 is 23.4 Å². The molecule has 1 aromatic carbocycles. The van der Waals surface area contributed by atoms with E-state index in [1.165, 1.54) is 6.42 Å². The van der Waals surface area contributed by atoms with E-state index < -0.39 is 5.60 Å². The highest BCUT2D eigenvalue weighted by Gasteiger charge is 2.44. The van der Waals surface area contributed by atoms with Crippen molar-refractivity contribution in [2.75, 3.05) is 26.2 Å². The first-order valence-electron chi connectivity index (χ1n) is 9.12. The van der Waals surface area contributed by atoms with Crippen LogP contribution < -0.4 is 4.74 Å². The zero-order valence-electron chi connectivity index (χ0n) is 14.3. The molecule has 0 aromatic heterocycles. The maximum absolute atomic E-state index is 12.7. The summed E-state index contributed by atoms with van der Waals surface area (Å²) in [4.78, 5) is 29.1. The third kappa shape index (κ3) is 3.22. The molecule has 6 heteroatoms. The van der Waals surface area contributed by atoms with Crippen LogP contribution in [-0.2, 0) is 0 Å². The average Bonchev–Trinajstić information content (AvgIpc) is 2.63. The monoisotopic (exact) mass is 362 g/mol. The number of ketones is 1. The molecule has 3 aliphatic heterocycles. The van der Waals surface area contributed by atoms with E-state index in [1.54, 1.807) is 18.2 Å². The van der Waals surface area contributed by atoms with Crippen LogP contribution in [0.15, 0.2) is 18.2 Å². The van der Waals surface area contributed by atoms with Crippen molar-refractivity contribution in [2.45, 2.75) is 44.1 Å². The van der Waals surface area contributed by atoms with Crippen molar-refractivity contribution in [1.29, 1.82) is 0 Å². The van der Waals surface area contributed by atoms with Gasteiger partial charge in [-0.25, -0.2) is 4.79 Å². The van der Waals surface area contributed by atoms with Gasteiger partial charge in [0.25, 0.3) is 0 Å². The maximum Gasteiger partial charge on any atom is 0.320 e. The van der Waals surface area contributed by atoms with Gasteiger partial charge in [0, 0.05) is 44.0 Å². The van der Waals surface area contributed by atoms with Crippen LogP contribution in [0, 0.1) is 0 Å². The first-order chi connectivity index (χ1) is 12.1. The lowest BCUT2D eigenvalue weighted by Gasteiger charge is -2.45. The number of halogens is 1. The van der Waals surface area contributed by atoms with Crippen LogP contribution in [0.3, 0.4) is 0 Å². The number of amides is 2.